The van der Waals surface area contributed by atoms with Gasteiger partial charge in [0, 0.05) is 33.2 Å². The van der Waals surface area contributed by atoms with E-state index >= 15 is 0 Å². The molecule has 0 atom stereocenters. The van der Waals surface area contributed by atoms with Crippen LogP contribution in [0.2, 0.25) is 0 Å². The van der Waals surface area contributed by atoms with Crippen molar-refractivity contribution in [3.8, 4) is 5.88 Å². The highest BCUT2D eigenvalue weighted by molar-refractivity contribution is 5.31. The van der Waals surface area contributed by atoms with E-state index in [4.69, 9.17) is 10.5 Å². The molecule has 2 rings (SSSR count). The van der Waals surface area contributed by atoms with Gasteiger partial charge < -0.3 is 10.5 Å². The third-order valence-electron chi connectivity index (χ3n) is 3.56. The van der Waals surface area contributed by atoms with E-state index in [1.165, 1.54) is 5.56 Å². The molecule has 0 aliphatic rings. The minimum Gasteiger partial charge on any atom is -0.481 e. The van der Waals surface area contributed by atoms with Gasteiger partial charge >= 0.3 is 0 Å². The summed E-state index contributed by atoms with van der Waals surface area (Å²) >= 11 is 0. The number of hydrogen-bond acceptors (Lipinski definition) is 4. The molecule has 2 N–H and O–H groups in total. The lowest BCUT2D eigenvalue weighted by Gasteiger charge is -2.22. The number of aryl methyl sites for hydroxylation is 2. The van der Waals surface area contributed by atoms with Gasteiger partial charge in [0.1, 0.15) is 0 Å². The van der Waals surface area contributed by atoms with Crippen LogP contribution in [0.5, 0.6) is 5.88 Å². The second-order valence-corrected chi connectivity index (χ2v) is 5.18. The van der Waals surface area contributed by atoms with Gasteiger partial charge in [0.25, 0.3) is 0 Å². The van der Waals surface area contributed by atoms with Gasteiger partial charge in [0.15, 0.2) is 0 Å². The lowest BCUT2D eigenvalue weighted by atomic mass is 10.2. The highest BCUT2D eigenvalue weighted by Crippen LogP contribution is 2.23. The van der Waals surface area contributed by atoms with Gasteiger partial charge in [0.05, 0.1) is 18.4 Å². The summed E-state index contributed by atoms with van der Waals surface area (Å²) in [5, 5.41) is 4.44. The fraction of sp³-hybridized carbons (Fsp3) is 0.438. The highest BCUT2D eigenvalue weighted by atomic mass is 16.5. The van der Waals surface area contributed by atoms with Gasteiger partial charge in [-0.1, -0.05) is 30.3 Å². The molecule has 0 saturated carbocycles. The Kier molecular flexibility index (Phi) is 5.36. The van der Waals surface area contributed by atoms with Crippen molar-refractivity contribution >= 4 is 0 Å². The van der Waals surface area contributed by atoms with E-state index in [0.29, 0.717) is 6.54 Å². The second-order valence-electron chi connectivity index (χ2n) is 5.18. The molecule has 0 saturated heterocycles. The summed E-state index contributed by atoms with van der Waals surface area (Å²) in [5.41, 5.74) is 9.17. The summed E-state index contributed by atoms with van der Waals surface area (Å²) in [5.74, 6) is 0.822. The topological polar surface area (TPSA) is 56.3 Å². The van der Waals surface area contributed by atoms with E-state index in [1.807, 2.05) is 20.0 Å². The van der Waals surface area contributed by atoms with E-state index in [1.54, 1.807) is 11.8 Å². The molecule has 2 aromatic rings. The maximum atomic E-state index is 5.76. The highest BCUT2D eigenvalue weighted by Gasteiger charge is 2.17. The van der Waals surface area contributed by atoms with E-state index in [-0.39, 0.29) is 0 Å². The molecule has 0 spiro atoms. The van der Waals surface area contributed by atoms with Crippen molar-refractivity contribution in [3.05, 3.63) is 47.2 Å². The van der Waals surface area contributed by atoms with E-state index in [0.717, 1.165) is 36.8 Å². The van der Waals surface area contributed by atoms with Crippen LogP contribution in [0.25, 0.3) is 0 Å². The average molecular weight is 288 g/mol. The quantitative estimate of drug-likeness (QED) is 0.842. The maximum Gasteiger partial charge on any atom is 0.216 e. The van der Waals surface area contributed by atoms with Crippen molar-refractivity contribution in [3.63, 3.8) is 0 Å². The Bertz CT molecular complexity index is 565. The van der Waals surface area contributed by atoms with Crippen LogP contribution in [0.1, 0.15) is 16.8 Å². The minimum absolute atomic E-state index is 0.633. The normalized spacial score (nSPS) is 11.1. The van der Waals surface area contributed by atoms with Crippen molar-refractivity contribution in [2.24, 2.45) is 12.8 Å². The van der Waals surface area contributed by atoms with Crippen molar-refractivity contribution in [1.29, 1.82) is 0 Å². The van der Waals surface area contributed by atoms with Gasteiger partial charge in [-0.05, 0) is 12.5 Å². The van der Waals surface area contributed by atoms with Crippen molar-refractivity contribution in [2.45, 2.75) is 20.0 Å². The van der Waals surface area contributed by atoms with Crippen molar-refractivity contribution in [2.75, 3.05) is 20.2 Å². The number of nitrogens with zero attached hydrogens (tertiary/aromatic N) is 3. The standard InChI is InChI=1S/C16H24N4O/c1-13-15(16(21-3)19(2)18-13)12-20(10-9-17)11-14-7-5-4-6-8-14/h4-8H,9-12,17H2,1-3H3. The van der Waals surface area contributed by atoms with Crippen LogP contribution in [-0.4, -0.2) is 34.9 Å². The first-order valence-corrected chi connectivity index (χ1v) is 7.18. The van der Waals surface area contributed by atoms with Crippen molar-refractivity contribution < 1.29 is 4.74 Å². The van der Waals surface area contributed by atoms with Crippen molar-refractivity contribution in [1.82, 2.24) is 14.7 Å². The van der Waals surface area contributed by atoms with Gasteiger partial charge in [-0.15, -0.1) is 0 Å². The smallest absolute Gasteiger partial charge is 0.216 e. The lowest BCUT2D eigenvalue weighted by Crippen LogP contribution is -2.29. The number of nitrogens with two attached hydrogens (primary N) is 1. The summed E-state index contributed by atoms with van der Waals surface area (Å²) in [7, 11) is 3.59. The monoisotopic (exact) mass is 288 g/mol. The van der Waals surface area contributed by atoms with E-state index in [9.17, 15) is 0 Å². The SMILES string of the molecule is COc1c(CN(CCN)Cc2ccccc2)c(C)nn1C. The Morgan fingerprint density at radius 2 is 1.95 bits per heavy atom. The summed E-state index contributed by atoms with van der Waals surface area (Å²) < 4.78 is 7.25. The first kappa shape index (κ1) is 15.5. The molecular formula is C16H24N4O. The maximum absolute atomic E-state index is 5.76. The Morgan fingerprint density at radius 1 is 1.24 bits per heavy atom. The Balaban J connectivity index is 2.16. The first-order chi connectivity index (χ1) is 10.2. The van der Waals surface area contributed by atoms with Crippen LogP contribution in [0.15, 0.2) is 30.3 Å². The number of methoxy groups -OCH3 is 1. The van der Waals surface area contributed by atoms with E-state index in [2.05, 4.69) is 34.3 Å². The number of rotatable bonds is 7. The molecule has 0 aliphatic carbocycles. The van der Waals surface area contributed by atoms with Crippen LogP contribution >= 0.6 is 0 Å². The predicted molar refractivity (Wildman–Crippen MR) is 84.1 cm³/mol. The Labute approximate surface area is 126 Å². The third kappa shape index (κ3) is 3.83. The molecule has 21 heavy (non-hydrogen) atoms. The molecule has 0 bridgehead atoms. The van der Waals surface area contributed by atoms with Gasteiger partial charge in [-0.2, -0.15) is 5.10 Å². The average Bonchev–Trinajstić information content (AvgIpc) is 2.74. The van der Waals surface area contributed by atoms with Crippen LogP contribution in [0, 0.1) is 6.92 Å². The molecular weight excluding hydrogens is 264 g/mol. The molecule has 5 nitrogen and oxygen atoms in total. The van der Waals surface area contributed by atoms with Crippen LogP contribution in [-0.2, 0) is 20.1 Å². The van der Waals surface area contributed by atoms with Gasteiger partial charge in [-0.25, -0.2) is 4.68 Å². The molecule has 0 fully saturated rings. The zero-order chi connectivity index (χ0) is 15.2. The second kappa shape index (κ2) is 7.24. The first-order valence-electron chi connectivity index (χ1n) is 7.18. The summed E-state index contributed by atoms with van der Waals surface area (Å²) in [6.45, 7) is 5.15. The molecule has 1 aromatic carbocycles. The molecule has 0 radical (unpaired) electrons. The predicted octanol–water partition coefficient (Wildman–Crippen LogP) is 1.70. The zero-order valence-electron chi connectivity index (χ0n) is 13.0. The number of benzene rings is 1. The Hall–Kier alpha value is -1.85. The molecule has 0 unspecified atom stereocenters. The largest absolute Gasteiger partial charge is 0.481 e. The fourth-order valence-corrected chi connectivity index (χ4v) is 2.58. The summed E-state index contributed by atoms with van der Waals surface area (Å²) in [4.78, 5) is 2.32. The zero-order valence-corrected chi connectivity index (χ0v) is 13.0. The van der Waals surface area contributed by atoms with Crippen LogP contribution < -0.4 is 10.5 Å². The number of ether oxygens (including phenoxy) is 1. The van der Waals surface area contributed by atoms with Crippen LogP contribution in [0.3, 0.4) is 0 Å². The molecule has 1 aromatic heterocycles. The summed E-state index contributed by atoms with van der Waals surface area (Å²) in [6.07, 6.45) is 0. The van der Waals surface area contributed by atoms with E-state index < -0.39 is 0 Å². The Morgan fingerprint density at radius 3 is 2.57 bits per heavy atom. The molecule has 0 amide bonds. The lowest BCUT2D eigenvalue weighted by molar-refractivity contribution is 0.258. The van der Waals surface area contributed by atoms with Gasteiger partial charge in [0.2, 0.25) is 5.88 Å². The molecule has 5 heteroatoms. The number of hydrogen-bond donors (Lipinski definition) is 1. The summed E-state index contributed by atoms with van der Waals surface area (Å²) in [6, 6.07) is 10.4. The third-order valence-corrected chi connectivity index (χ3v) is 3.56. The number of aromatic nitrogens is 2. The molecule has 0 aliphatic heterocycles. The fourth-order valence-electron chi connectivity index (χ4n) is 2.58. The van der Waals surface area contributed by atoms with Gasteiger partial charge in [-0.3, -0.25) is 4.90 Å². The van der Waals surface area contributed by atoms with Crippen LogP contribution in [0.4, 0.5) is 0 Å². The minimum atomic E-state index is 0.633. The molecule has 1 heterocycles. The molecule has 114 valence electrons.